The summed E-state index contributed by atoms with van der Waals surface area (Å²) < 4.78 is 8.46. The Morgan fingerprint density at radius 3 is 2.19 bits per heavy atom. The van der Waals surface area contributed by atoms with Gasteiger partial charge < -0.3 is 14.0 Å². The number of aromatic nitrogens is 6. The fourth-order valence-electron chi connectivity index (χ4n) is 6.69. The topological polar surface area (TPSA) is 82.5 Å². The third kappa shape index (κ3) is 6.91. The molecule has 263 valence electrons. The zero-order valence-corrected chi connectivity index (χ0v) is 32.2. The van der Waals surface area contributed by atoms with E-state index in [1.807, 2.05) is 85.1 Å². The van der Waals surface area contributed by atoms with Crippen LogP contribution in [0.15, 0.2) is 138 Å². The number of pyridine rings is 1. The second kappa shape index (κ2) is 15.4. The van der Waals surface area contributed by atoms with E-state index >= 15 is 0 Å². The summed E-state index contributed by atoms with van der Waals surface area (Å²) in [5.41, 5.74) is 11.4. The number of rotatable bonds is 6. The molecule has 0 amide bonds. The van der Waals surface area contributed by atoms with Gasteiger partial charge in [0, 0.05) is 37.4 Å². The van der Waals surface area contributed by atoms with Crippen molar-refractivity contribution in [3.8, 4) is 39.5 Å². The van der Waals surface area contributed by atoms with Crippen molar-refractivity contribution in [3.63, 3.8) is 0 Å². The summed E-state index contributed by atoms with van der Waals surface area (Å²) in [6.07, 6.45) is 3.32. The molecule has 0 fully saturated rings. The number of benzene rings is 5. The predicted octanol–water partition coefficient (Wildman–Crippen LogP) is 11.0. The minimum absolute atomic E-state index is 0. The van der Waals surface area contributed by atoms with Crippen LogP contribution in [0.25, 0.3) is 72.7 Å². The maximum Gasteiger partial charge on any atom is 0.210 e. The second-order valence-electron chi connectivity index (χ2n) is 13.2. The quantitative estimate of drug-likeness (QED) is 0.155. The first kappa shape index (κ1) is 35.6. The molecular formula is C45H36IrN6O-2. The molecule has 0 N–H and O–H groups in total. The number of imidazole rings is 1. The summed E-state index contributed by atoms with van der Waals surface area (Å²) in [6.45, 7) is 8.84. The summed E-state index contributed by atoms with van der Waals surface area (Å²) in [5, 5.41) is 10.4. The fraction of sp³-hybridized carbons (Fsp3) is 0.133. The van der Waals surface area contributed by atoms with Gasteiger partial charge in [0.05, 0.1) is 11.4 Å². The molecule has 5 aromatic carbocycles. The molecule has 0 aliphatic rings. The first-order valence-corrected chi connectivity index (χ1v) is 17.5. The molecule has 1 radical (unpaired) electrons. The van der Waals surface area contributed by atoms with Crippen LogP contribution in [-0.4, -0.2) is 29.7 Å². The van der Waals surface area contributed by atoms with Gasteiger partial charge in [-0.1, -0.05) is 111 Å². The molecule has 8 heteroatoms. The van der Waals surface area contributed by atoms with Crippen LogP contribution in [0.4, 0.5) is 0 Å². The van der Waals surface area contributed by atoms with E-state index in [4.69, 9.17) is 9.40 Å². The molecule has 7 nitrogen and oxygen atoms in total. The van der Waals surface area contributed by atoms with E-state index in [1.54, 1.807) is 0 Å². The smallest absolute Gasteiger partial charge is 0.210 e. The van der Waals surface area contributed by atoms with Gasteiger partial charge in [-0.25, -0.2) is 4.98 Å². The van der Waals surface area contributed by atoms with Gasteiger partial charge in [0.1, 0.15) is 11.9 Å². The Kier molecular flexibility index (Phi) is 10.4. The zero-order chi connectivity index (χ0) is 35.6. The Hall–Kier alpha value is -5.82. The van der Waals surface area contributed by atoms with Gasteiger partial charge in [-0.05, 0) is 51.9 Å². The summed E-state index contributed by atoms with van der Waals surface area (Å²) in [4.78, 5) is 13.9. The predicted molar refractivity (Wildman–Crippen MR) is 208 cm³/mol. The number of fused-ring (bicyclic) bond motifs is 4. The van der Waals surface area contributed by atoms with Crippen molar-refractivity contribution in [1.29, 1.82) is 0 Å². The molecule has 9 aromatic rings. The van der Waals surface area contributed by atoms with Crippen LogP contribution in [0.1, 0.15) is 50.7 Å². The molecule has 0 saturated carbocycles. The molecule has 0 spiro atoms. The summed E-state index contributed by atoms with van der Waals surface area (Å²) in [5.74, 6) is 1.31. The third-order valence-corrected chi connectivity index (χ3v) is 9.20. The van der Waals surface area contributed by atoms with Crippen LogP contribution in [0.5, 0.6) is 0 Å². The van der Waals surface area contributed by atoms with Crippen molar-refractivity contribution < 1.29 is 24.5 Å². The van der Waals surface area contributed by atoms with Gasteiger partial charge in [0.25, 0.3) is 0 Å². The zero-order valence-electron chi connectivity index (χ0n) is 29.8. The van der Waals surface area contributed by atoms with Gasteiger partial charge in [0.15, 0.2) is 5.65 Å². The average molecular weight is 869 g/mol. The van der Waals surface area contributed by atoms with Crippen LogP contribution < -0.4 is 0 Å². The molecule has 0 bridgehead atoms. The minimum Gasteiger partial charge on any atom is -0.501 e. The first-order valence-electron chi connectivity index (χ1n) is 17.5. The average Bonchev–Trinajstić information content (AvgIpc) is 3.77. The number of hydrogen-bond acceptors (Lipinski definition) is 6. The Morgan fingerprint density at radius 1 is 0.679 bits per heavy atom. The van der Waals surface area contributed by atoms with Crippen molar-refractivity contribution >= 4 is 33.2 Å². The molecule has 9 rings (SSSR count). The monoisotopic (exact) mass is 869 g/mol. The van der Waals surface area contributed by atoms with Crippen molar-refractivity contribution in [1.82, 2.24) is 29.7 Å². The van der Waals surface area contributed by atoms with Crippen LogP contribution in [0.2, 0.25) is 0 Å². The number of nitrogens with zero attached hydrogens (tertiary/aromatic N) is 6. The summed E-state index contributed by atoms with van der Waals surface area (Å²) in [7, 11) is 0. The van der Waals surface area contributed by atoms with Crippen LogP contribution in [-0.2, 0) is 20.1 Å². The molecule has 53 heavy (non-hydrogen) atoms. The Morgan fingerprint density at radius 2 is 1.43 bits per heavy atom. The molecule has 0 aliphatic heterocycles. The standard InChI is InChI=1S/C28H24N5O.C17H12N.Ir/c1-16(2)18-10-7-11-19(17(3)4)24(18)33-27(31-26-28(33)29-15-30-32-26)22-13-8-12-21-20-9-5-6-14-23(20)34-25(21)22;1-3-7-14(8-4-1)16-11-12-18-17(13-16)15-9-5-2-6-10-15;/h5-12,14-17H,1-4H3;1-9,11-13H;/q2*-1;. The maximum atomic E-state index is 6.34. The molecule has 4 aromatic heterocycles. The van der Waals surface area contributed by atoms with E-state index in [1.165, 1.54) is 28.6 Å². The van der Waals surface area contributed by atoms with E-state index in [0.29, 0.717) is 29.0 Å². The summed E-state index contributed by atoms with van der Waals surface area (Å²) in [6, 6.07) is 47.5. The largest absolute Gasteiger partial charge is 0.501 e. The van der Waals surface area contributed by atoms with Crippen molar-refractivity contribution in [2.45, 2.75) is 39.5 Å². The van der Waals surface area contributed by atoms with E-state index < -0.39 is 0 Å². The van der Waals surface area contributed by atoms with Crippen LogP contribution >= 0.6 is 0 Å². The van der Waals surface area contributed by atoms with E-state index in [-0.39, 0.29) is 20.1 Å². The number of furan rings is 1. The molecule has 4 heterocycles. The third-order valence-electron chi connectivity index (χ3n) is 9.20. The van der Waals surface area contributed by atoms with Gasteiger partial charge >= 0.3 is 0 Å². The minimum atomic E-state index is 0. The van der Waals surface area contributed by atoms with Crippen molar-refractivity contribution in [2.75, 3.05) is 0 Å². The fourth-order valence-corrected chi connectivity index (χ4v) is 6.69. The van der Waals surface area contributed by atoms with Gasteiger partial charge in [0.2, 0.25) is 5.65 Å². The normalized spacial score (nSPS) is 11.2. The van der Waals surface area contributed by atoms with Crippen molar-refractivity contribution in [3.05, 3.63) is 157 Å². The Balaban J connectivity index is 0.000000194. The number of hydrogen-bond donors (Lipinski definition) is 0. The Bertz CT molecular complexity index is 2570. The van der Waals surface area contributed by atoms with E-state index in [9.17, 15) is 0 Å². The number of para-hydroxylation sites is 2. The molecule has 0 atom stereocenters. The summed E-state index contributed by atoms with van der Waals surface area (Å²) >= 11 is 0. The van der Waals surface area contributed by atoms with Crippen molar-refractivity contribution in [2.24, 2.45) is 0 Å². The van der Waals surface area contributed by atoms with Gasteiger partial charge in [-0.3, -0.25) is 4.98 Å². The van der Waals surface area contributed by atoms with Gasteiger partial charge in [-0.2, -0.15) is 0 Å². The van der Waals surface area contributed by atoms with Crippen LogP contribution in [0, 0.1) is 12.1 Å². The van der Waals surface area contributed by atoms with E-state index in [2.05, 4.69) is 107 Å². The van der Waals surface area contributed by atoms with Crippen LogP contribution in [0.3, 0.4) is 0 Å². The first-order chi connectivity index (χ1) is 25.5. The Labute approximate surface area is 322 Å². The second-order valence-corrected chi connectivity index (χ2v) is 13.2. The van der Waals surface area contributed by atoms with E-state index in [0.717, 1.165) is 44.4 Å². The molecule has 0 aliphatic carbocycles. The molecular weight excluding hydrogens is 833 g/mol. The van der Waals surface area contributed by atoms with Gasteiger partial charge in [-0.15, -0.1) is 64.3 Å². The SMILES string of the molecule is CC(C)c1cccc(C(C)C)c1-n1c(-c2[c-]ccc3c2oc2ccccc23)nc2nncnc21.[Ir].[c-]1ccccc1-c1cc(-c2ccccc2)ccn1. The molecule has 0 unspecified atom stereocenters. The molecule has 0 saturated heterocycles. The maximum absolute atomic E-state index is 6.34.